The third-order valence-electron chi connectivity index (χ3n) is 2.99. The van der Waals surface area contributed by atoms with E-state index in [2.05, 4.69) is 16.5 Å². The number of pyridine rings is 1. The van der Waals surface area contributed by atoms with Crippen molar-refractivity contribution in [3.8, 4) is 0 Å². The van der Waals surface area contributed by atoms with Gasteiger partial charge in [-0.25, -0.2) is 0 Å². The second kappa shape index (κ2) is 6.16. The van der Waals surface area contributed by atoms with Crippen LogP contribution in [-0.4, -0.2) is 22.8 Å². The minimum absolute atomic E-state index is 0.136. The lowest BCUT2D eigenvalue weighted by Gasteiger charge is -2.17. The average Bonchev–Trinajstić information content (AvgIpc) is 2.46. The van der Waals surface area contributed by atoms with Gasteiger partial charge in [-0.3, -0.25) is 15.6 Å². The summed E-state index contributed by atoms with van der Waals surface area (Å²) in [7, 11) is 1.76. The monoisotopic (exact) mass is 270 g/mol. The average molecular weight is 270 g/mol. The number of amides is 1. The molecule has 1 aromatic heterocycles. The van der Waals surface area contributed by atoms with Crippen molar-refractivity contribution in [1.29, 1.82) is 0 Å². The molecular formula is C15H18N4O. The third-order valence-corrected chi connectivity index (χ3v) is 2.99. The van der Waals surface area contributed by atoms with Crippen LogP contribution in [0, 0.1) is 6.92 Å². The first-order chi connectivity index (χ1) is 9.60. The minimum Gasteiger partial charge on any atom is -0.336 e. The van der Waals surface area contributed by atoms with Crippen LogP contribution in [0.5, 0.6) is 0 Å². The summed E-state index contributed by atoms with van der Waals surface area (Å²) < 4.78 is 0. The Bertz CT molecular complexity index is 612. The highest BCUT2D eigenvalue weighted by Gasteiger charge is 2.13. The number of nitrogens with two attached hydrogens (primary N) is 1. The van der Waals surface area contributed by atoms with Crippen molar-refractivity contribution in [3.05, 3.63) is 59.4 Å². The fraction of sp³-hybridized carbons (Fsp3) is 0.200. The number of anilines is 1. The van der Waals surface area contributed by atoms with E-state index in [0.717, 1.165) is 5.56 Å². The lowest BCUT2D eigenvalue weighted by Crippen LogP contribution is -2.27. The normalized spacial score (nSPS) is 10.2. The van der Waals surface area contributed by atoms with Crippen molar-refractivity contribution in [1.82, 2.24) is 9.88 Å². The molecule has 0 saturated carbocycles. The Morgan fingerprint density at radius 2 is 2.15 bits per heavy atom. The number of aryl methyl sites for hydroxylation is 1. The molecule has 1 heterocycles. The molecule has 1 amide bonds. The SMILES string of the molecule is Cc1cccc(CN(C)C(=O)c2cc(NN)ccn2)c1. The number of rotatable bonds is 4. The molecule has 0 saturated heterocycles. The molecule has 0 aliphatic heterocycles. The molecule has 104 valence electrons. The quantitative estimate of drug-likeness (QED) is 0.658. The van der Waals surface area contributed by atoms with Gasteiger partial charge in [0.25, 0.3) is 5.91 Å². The summed E-state index contributed by atoms with van der Waals surface area (Å²) in [6, 6.07) is 11.4. The van der Waals surface area contributed by atoms with E-state index in [0.29, 0.717) is 17.9 Å². The molecule has 2 rings (SSSR count). The van der Waals surface area contributed by atoms with Crippen LogP contribution >= 0.6 is 0 Å². The molecule has 1 aromatic carbocycles. The maximum atomic E-state index is 12.3. The zero-order valence-electron chi connectivity index (χ0n) is 11.6. The molecule has 0 unspecified atom stereocenters. The van der Waals surface area contributed by atoms with Crippen LogP contribution in [0.4, 0.5) is 5.69 Å². The van der Waals surface area contributed by atoms with Gasteiger partial charge in [0.15, 0.2) is 0 Å². The Hall–Kier alpha value is -2.40. The van der Waals surface area contributed by atoms with E-state index in [1.165, 1.54) is 5.56 Å². The smallest absolute Gasteiger partial charge is 0.272 e. The summed E-state index contributed by atoms with van der Waals surface area (Å²) in [6.07, 6.45) is 1.56. The van der Waals surface area contributed by atoms with Crippen LogP contribution in [0.1, 0.15) is 21.6 Å². The largest absolute Gasteiger partial charge is 0.336 e. The van der Waals surface area contributed by atoms with Crippen LogP contribution in [0.25, 0.3) is 0 Å². The van der Waals surface area contributed by atoms with Gasteiger partial charge in [0, 0.05) is 19.8 Å². The van der Waals surface area contributed by atoms with Gasteiger partial charge in [-0.05, 0) is 24.6 Å². The van der Waals surface area contributed by atoms with Gasteiger partial charge in [-0.2, -0.15) is 0 Å². The first-order valence-electron chi connectivity index (χ1n) is 6.34. The Morgan fingerprint density at radius 3 is 2.85 bits per heavy atom. The maximum Gasteiger partial charge on any atom is 0.272 e. The van der Waals surface area contributed by atoms with Gasteiger partial charge in [0.05, 0.1) is 5.69 Å². The van der Waals surface area contributed by atoms with Crippen LogP contribution in [0.2, 0.25) is 0 Å². The number of carbonyl (C=O) groups is 1. The fourth-order valence-corrected chi connectivity index (χ4v) is 1.99. The molecule has 5 heteroatoms. The molecule has 0 atom stereocenters. The molecule has 5 nitrogen and oxygen atoms in total. The van der Waals surface area contributed by atoms with E-state index in [1.54, 1.807) is 30.3 Å². The van der Waals surface area contributed by atoms with E-state index >= 15 is 0 Å². The Labute approximate surface area is 118 Å². The van der Waals surface area contributed by atoms with Gasteiger partial charge in [-0.15, -0.1) is 0 Å². The topological polar surface area (TPSA) is 71.2 Å². The molecule has 0 aliphatic rings. The first kappa shape index (κ1) is 14.0. The molecule has 0 fully saturated rings. The van der Waals surface area contributed by atoms with E-state index in [4.69, 9.17) is 5.84 Å². The highest BCUT2D eigenvalue weighted by molar-refractivity contribution is 5.92. The van der Waals surface area contributed by atoms with Crippen LogP contribution in [-0.2, 0) is 6.54 Å². The number of nitrogen functional groups attached to an aromatic ring is 1. The molecule has 20 heavy (non-hydrogen) atoms. The number of nitrogens with zero attached hydrogens (tertiary/aromatic N) is 2. The maximum absolute atomic E-state index is 12.3. The van der Waals surface area contributed by atoms with Crippen molar-refractivity contribution in [2.75, 3.05) is 12.5 Å². The molecular weight excluding hydrogens is 252 g/mol. The summed E-state index contributed by atoms with van der Waals surface area (Å²) in [5.41, 5.74) is 5.81. The van der Waals surface area contributed by atoms with Crippen LogP contribution in [0.3, 0.4) is 0 Å². The Morgan fingerprint density at radius 1 is 1.35 bits per heavy atom. The zero-order chi connectivity index (χ0) is 14.5. The molecule has 0 radical (unpaired) electrons. The predicted octanol–water partition coefficient (Wildman–Crippen LogP) is 1.95. The number of nitrogens with one attached hydrogen (secondary N) is 1. The van der Waals surface area contributed by atoms with E-state index in [-0.39, 0.29) is 5.91 Å². The van der Waals surface area contributed by atoms with Gasteiger partial charge in [-0.1, -0.05) is 29.8 Å². The lowest BCUT2D eigenvalue weighted by molar-refractivity contribution is 0.0779. The summed E-state index contributed by atoms with van der Waals surface area (Å²) in [6.45, 7) is 2.58. The van der Waals surface area contributed by atoms with Crippen LogP contribution in [0.15, 0.2) is 42.6 Å². The van der Waals surface area contributed by atoms with Crippen molar-refractivity contribution in [2.24, 2.45) is 5.84 Å². The summed E-state index contributed by atoms with van der Waals surface area (Å²) >= 11 is 0. The predicted molar refractivity (Wildman–Crippen MR) is 79.0 cm³/mol. The second-order valence-electron chi connectivity index (χ2n) is 4.72. The second-order valence-corrected chi connectivity index (χ2v) is 4.72. The third kappa shape index (κ3) is 3.33. The summed E-state index contributed by atoms with van der Waals surface area (Å²) in [5.74, 6) is 5.20. The minimum atomic E-state index is -0.136. The van der Waals surface area contributed by atoms with Gasteiger partial charge in [0.1, 0.15) is 5.69 Å². The molecule has 0 spiro atoms. The number of hydrazine groups is 1. The van der Waals surface area contributed by atoms with Crippen molar-refractivity contribution >= 4 is 11.6 Å². The summed E-state index contributed by atoms with van der Waals surface area (Å²) in [4.78, 5) is 18.0. The molecule has 2 aromatic rings. The number of aromatic nitrogens is 1. The zero-order valence-corrected chi connectivity index (χ0v) is 11.6. The lowest BCUT2D eigenvalue weighted by atomic mass is 10.1. The Kier molecular flexibility index (Phi) is 4.32. The molecule has 3 N–H and O–H groups in total. The fourth-order valence-electron chi connectivity index (χ4n) is 1.99. The van der Waals surface area contributed by atoms with Crippen molar-refractivity contribution < 1.29 is 4.79 Å². The van der Waals surface area contributed by atoms with E-state index in [9.17, 15) is 4.79 Å². The van der Waals surface area contributed by atoms with E-state index < -0.39 is 0 Å². The van der Waals surface area contributed by atoms with E-state index in [1.807, 2.05) is 25.1 Å². The highest BCUT2D eigenvalue weighted by Crippen LogP contribution is 2.11. The van der Waals surface area contributed by atoms with Gasteiger partial charge < -0.3 is 10.3 Å². The number of hydrogen-bond acceptors (Lipinski definition) is 4. The summed E-state index contributed by atoms with van der Waals surface area (Å²) in [5, 5.41) is 0. The first-order valence-corrected chi connectivity index (χ1v) is 6.34. The number of hydrogen-bond donors (Lipinski definition) is 2. The standard InChI is InChI=1S/C15H18N4O/c1-11-4-3-5-12(8-11)10-19(2)15(20)14-9-13(18-16)6-7-17-14/h3-9H,10,16H2,1-2H3,(H,17,18). The van der Waals surface area contributed by atoms with Gasteiger partial charge in [0.2, 0.25) is 0 Å². The van der Waals surface area contributed by atoms with Crippen molar-refractivity contribution in [3.63, 3.8) is 0 Å². The Balaban J connectivity index is 2.12. The van der Waals surface area contributed by atoms with Crippen LogP contribution < -0.4 is 11.3 Å². The molecule has 0 bridgehead atoms. The molecule has 0 aliphatic carbocycles. The van der Waals surface area contributed by atoms with Crippen molar-refractivity contribution in [2.45, 2.75) is 13.5 Å². The van der Waals surface area contributed by atoms with Gasteiger partial charge >= 0.3 is 0 Å². The highest BCUT2D eigenvalue weighted by atomic mass is 16.2. The number of carbonyl (C=O) groups excluding carboxylic acids is 1. The number of benzene rings is 1.